The second kappa shape index (κ2) is 6.63. The van der Waals surface area contributed by atoms with E-state index in [0.29, 0.717) is 13.1 Å². The second-order valence-electron chi connectivity index (χ2n) is 5.73. The summed E-state index contributed by atoms with van der Waals surface area (Å²) < 4.78 is 0. The number of amides is 4. The van der Waals surface area contributed by atoms with Crippen molar-refractivity contribution in [1.29, 1.82) is 0 Å². The van der Waals surface area contributed by atoms with Gasteiger partial charge in [0.05, 0.1) is 17.1 Å². The van der Waals surface area contributed by atoms with E-state index in [-0.39, 0.29) is 12.3 Å². The highest BCUT2D eigenvalue weighted by Gasteiger charge is 2.33. The molecular weight excluding hydrogens is 318 g/mol. The van der Waals surface area contributed by atoms with Crippen molar-refractivity contribution in [3.8, 4) is 0 Å². The number of carbonyl (C=O) groups excluding carboxylic acids is 3. The summed E-state index contributed by atoms with van der Waals surface area (Å²) in [7, 11) is 0. The molecule has 4 amide bonds. The van der Waals surface area contributed by atoms with Crippen molar-refractivity contribution in [3.05, 3.63) is 16.1 Å². The summed E-state index contributed by atoms with van der Waals surface area (Å²) in [4.78, 5) is 43.3. The van der Waals surface area contributed by atoms with Crippen molar-refractivity contribution < 1.29 is 14.4 Å². The molecule has 2 aliphatic rings. The maximum absolute atomic E-state index is 12.2. The van der Waals surface area contributed by atoms with Crippen LogP contribution in [0.2, 0.25) is 0 Å². The molecule has 0 aliphatic carbocycles. The molecular formula is C14H19N5O3S. The number of rotatable bonds is 4. The lowest BCUT2D eigenvalue weighted by Gasteiger charge is -2.34. The first-order chi connectivity index (χ1) is 11.0. The third-order valence-corrected chi connectivity index (χ3v) is 4.84. The van der Waals surface area contributed by atoms with Gasteiger partial charge >= 0.3 is 6.03 Å². The highest BCUT2D eigenvalue weighted by Crippen LogP contribution is 2.13. The third kappa shape index (κ3) is 3.85. The molecule has 23 heavy (non-hydrogen) atoms. The molecule has 2 aliphatic heterocycles. The summed E-state index contributed by atoms with van der Waals surface area (Å²) in [6.07, 6.45) is 0.0167. The largest absolute Gasteiger partial charge is 0.340 e. The average molecular weight is 337 g/mol. The van der Waals surface area contributed by atoms with Crippen LogP contribution in [0.25, 0.3) is 0 Å². The van der Waals surface area contributed by atoms with E-state index >= 15 is 0 Å². The third-order valence-electron chi connectivity index (χ3n) is 4.01. The number of aromatic nitrogens is 1. The summed E-state index contributed by atoms with van der Waals surface area (Å²) in [6.45, 7) is 5.61. The van der Waals surface area contributed by atoms with Crippen molar-refractivity contribution in [2.45, 2.75) is 25.9 Å². The van der Waals surface area contributed by atoms with Crippen LogP contribution in [-0.4, -0.2) is 64.9 Å². The van der Waals surface area contributed by atoms with E-state index in [9.17, 15) is 14.4 Å². The predicted octanol–water partition coefficient (Wildman–Crippen LogP) is -0.306. The molecule has 1 aromatic heterocycles. The van der Waals surface area contributed by atoms with Gasteiger partial charge in [0.2, 0.25) is 5.91 Å². The Morgan fingerprint density at radius 3 is 2.65 bits per heavy atom. The van der Waals surface area contributed by atoms with Gasteiger partial charge in [-0.25, -0.2) is 9.78 Å². The van der Waals surface area contributed by atoms with Crippen LogP contribution in [0.5, 0.6) is 0 Å². The fourth-order valence-corrected chi connectivity index (χ4v) is 3.38. The first-order valence-electron chi connectivity index (χ1n) is 7.54. The molecule has 9 heteroatoms. The van der Waals surface area contributed by atoms with Crippen LogP contribution < -0.4 is 10.6 Å². The fourth-order valence-electron chi connectivity index (χ4n) is 2.77. The molecule has 2 fully saturated rings. The maximum atomic E-state index is 12.2. The van der Waals surface area contributed by atoms with E-state index in [1.54, 1.807) is 16.2 Å². The lowest BCUT2D eigenvalue weighted by atomic mass is 10.1. The van der Waals surface area contributed by atoms with Gasteiger partial charge in [0.25, 0.3) is 5.91 Å². The number of nitrogens with one attached hydrogen (secondary N) is 2. The van der Waals surface area contributed by atoms with Crippen LogP contribution >= 0.6 is 11.3 Å². The van der Waals surface area contributed by atoms with E-state index in [1.807, 2.05) is 6.92 Å². The SMILES string of the molecule is Cc1nc(CN2CCN(C(=O)C[C@@H]3NC(=O)NC3=O)CC2)cs1. The smallest absolute Gasteiger partial charge is 0.322 e. The van der Waals surface area contributed by atoms with E-state index in [0.717, 1.165) is 30.3 Å². The Kier molecular flexibility index (Phi) is 4.58. The molecule has 0 aromatic carbocycles. The molecule has 1 aromatic rings. The molecule has 0 radical (unpaired) electrons. The summed E-state index contributed by atoms with van der Waals surface area (Å²) in [5, 5.41) is 7.71. The van der Waals surface area contributed by atoms with Crippen LogP contribution in [0.3, 0.4) is 0 Å². The van der Waals surface area contributed by atoms with Crippen molar-refractivity contribution in [2.24, 2.45) is 0 Å². The molecule has 0 bridgehead atoms. The van der Waals surface area contributed by atoms with Gasteiger partial charge in [0.15, 0.2) is 0 Å². The van der Waals surface area contributed by atoms with Crippen LogP contribution in [0.15, 0.2) is 5.38 Å². The zero-order valence-electron chi connectivity index (χ0n) is 12.9. The summed E-state index contributed by atoms with van der Waals surface area (Å²) >= 11 is 1.64. The standard InChI is InChI=1S/C14H19N5O3S/c1-9-15-10(8-23-9)7-18-2-4-19(5-3-18)12(20)6-11-13(21)17-14(22)16-11/h8,11H,2-7H2,1H3,(H2,16,17,21,22)/t11-/m0/s1. The minimum atomic E-state index is -0.744. The predicted molar refractivity (Wildman–Crippen MR) is 83.8 cm³/mol. The average Bonchev–Trinajstić information content (AvgIpc) is 3.05. The summed E-state index contributed by atoms with van der Waals surface area (Å²) in [5.41, 5.74) is 1.07. The Morgan fingerprint density at radius 2 is 2.09 bits per heavy atom. The highest BCUT2D eigenvalue weighted by atomic mass is 32.1. The first kappa shape index (κ1) is 15.9. The summed E-state index contributed by atoms with van der Waals surface area (Å²) in [5.74, 6) is -0.530. The molecule has 0 spiro atoms. The topological polar surface area (TPSA) is 94.6 Å². The van der Waals surface area contributed by atoms with Gasteiger partial charge in [-0.05, 0) is 6.92 Å². The van der Waals surface area contributed by atoms with Crippen molar-refractivity contribution in [2.75, 3.05) is 26.2 Å². The van der Waals surface area contributed by atoms with E-state index < -0.39 is 18.0 Å². The normalized spacial score (nSPS) is 22.1. The highest BCUT2D eigenvalue weighted by molar-refractivity contribution is 7.09. The zero-order valence-corrected chi connectivity index (χ0v) is 13.7. The van der Waals surface area contributed by atoms with Crippen molar-refractivity contribution in [3.63, 3.8) is 0 Å². The zero-order chi connectivity index (χ0) is 16.4. The molecule has 2 N–H and O–H groups in total. The Hall–Kier alpha value is -2.00. The van der Waals surface area contributed by atoms with Gasteiger partial charge in [-0.2, -0.15) is 0 Å². The number of piperazine rings is 1. The Balaban J connectivity index is 1.46. The first-order valence-corrected chi connectivity index (χ1v) is 8.42. The van der Waals surface area contributed by atoms with E-state index in [4.69, 9.17) is 0 Å². The minimum absolute atomic E-state index is 0.0167. The molecule has 2 saturated heterocycles. The van der Waals surface area contributed by atoms with E-state index in [1.165, 1.54) is 0 Å². The van der Waals surface area contributed by atoms with Gasteiger partial charge in [-0.15, -0.1) is 11.3 Å². The van der Waals surface area contributed by atoms with Gasteiger partial charge in [0, 0.05) is 38.1 Å². The quantitative estimate of drug-likeness (QED) is 0.735. The van der Waals surface area contributed by atoms with Crippen LogP contribution in [0.1, 0.15) is 17.1 Å². The number of urea groups is 1. The fraction of sp³-hybridized carbons (Fsp3) is 0.571. The van der Waals surface area contributed by atoms with Gasteiger partial charge in [0.1, 0.15) is 6.04 Å². The van der Waals surface area contributed by atoms with Crippen LogP contribution in [0, 0.1) is 6.92 Å². The molecule has 0 saturated carbocycles. The number of nitrogens with zero attached hydrogens (tertiary/aromatic N) is 3. The molecule has 3 heterocycles. The van der Waals surface area contributed by atoms with Crippen molar-refractivity contribution in [1.82, 2.24) is 25.4 Å². The number of imide groups is 1. The molecule has 3 rings (SSSR count). The Bertz CT molecular complexity index is 624. The van der Waals surface area contributed by atoms with Gasteiger partial charge < -0.3 is 10.2 Å². The monoisotopic (exact) mass is 337 g/mol. The molecule has 0 unspecified atom stereocenters. The number of aryl methyl sites for hydroxylation is 1. The Labute approximate surface area is 137 Å². The number of hydrogen-bond donors (Lipinski definition) is 2. The lowest BCUT2D eigenvalue weighted by Crippen LogP contribution is -2.49. The Morgan fingerprint density at radius 1 is 1.35 bits per heavy atom. The number of thiazole rings is 1. The molecule has 8 nitrogen and oxygen atoms in total. The van der Waals surface area contributed by atoms with Crippen LogP contribution in [0.4, 0.5) is 4.79 Å². The van der Waals surface area contributed by atoms with Crippen molar-refractivity contribution >= 4 is 29.2 Å². The number of hydrogen-bond acceptors (Lipinski definition) is 6. The van der Waals surface area contributed by atoms with Crippen LogP contribution in [-0.2, 0) is 16.1 Å². The minimum Gasteiger partial charge on any atom is -0.340 e. The van der Waals surface area contributed by atoms with Gasteiger partial charge in [-0.1, -0.05) is 0 Å². The number of carbonyl (C=O) groups is 3. The second-order valence-corrected chi connectivity index (χ2v) is 6.80. The molecule has 1 atom stereocenters. The molecule has 124 valence electrons. The lowest BCUT2D eigenvalue weighted by molar-refractivity contribution is -0.135. The maximum Gasteiger partial charge on any atom is 0.322 e. The van der Waals surface area contributed by atoms with E-state index in [2.05, 4.69) is 25.9 Å². The summed E-state index contributed by atoms with van der Waals surface area (Å²) in [6, 6.07) is -1.28. The van der Waals surface area contributed by atoms with Gasteiger partial charge in [-0.3, -0.25) is 19.8 Å².